The Morgan fingerprint density at radius 2 is 2.05 bits per heavy atom. The van der Waals surface area contributed by atoms with E-state index in [1.807, 2.05) is 0 Å². The normalized spacial score (nSPS) is 13.4. The third kappa shape index (κ3) is 4.59. The Hall–Kier alpha value is -1.43. The minimum absolute atomic E-state index is 0.247. The zero-order chi connectivity index (χ0) is 15.3. The summed E-state index contributed by atoms with van der Waals surface area (Å²) in [7, 11) is 1.27. The number of halogens is 2. The third-order valence-electron chi connectivity index (χ3n) is 2.89. The van der Waals surface area contributed by atoms with Crippen molar-refractivity contribution in [2.45, 2.75) is 26.3 Å². The van der Waals surface area contributed by atoms with Crippen LogP contribution in [0.25, 0.3) is 0 Å². The van der Waals surface area contributed by atoms with E-state index in [-0.39, 0.29) is 17.6 Å². The molecular formula is C14H17BrFNO3. The molecule has 4 nitrogen and oxygen atoms in total. The fourth-order valence-electron chi connectivity index (χ4n) is 1.70. The monoisotopic (exact) mass is 345 g/mol. The van der Waals surface area contributed by atoms with Crippen LogP contribution in [0, 0.1) is 11.7 Å². The molecular weight excluding hydrogens is 329 g/mol. The summed E-state index contributed by atoms with van der Waals surface area (Å²) >= 11 is 3.10. The van der Waals surface area contributed by atoms with E-state index in [1.165, 1.54) is 13.2 Å². The third-order valence-corrected chi connectivity index (χ3v) is 3.49. The van der Waals surface area contributed by atoms with Gasteiger partial charge in [0.2, 0.25) is 5.91 Å². The first-order chi connectivity index (χ1) is 9.35. The minimum atomic E-state index is -0.685. The van der Waals surface area contributed by atoms with Gasteiger partial charge in [-0.15, -0.1) is 0 Å². The van der Waals surface area contributed by atoms with Gasteiger partial charge >= 0.3 is 5.97 Å². The lowest BCUT2D eigenvalue weighted by Crippen LogP contribution is -2.42. The van der Waals surface area contributed by atoms with Gasteiger partial charge in [-0.3, -0.25) is 4.79 Å². The van der Waals surface area contributed by atoms with E-state index >= 15 is 0 Å². The molecule has 0 aliphatic carbocycles. The SMILES string of the molecule is COC(=O)[C@H](C)NC(=O)C(C)Cc1ccc(F)c(Br)c1. The summed E-state index contributed by atoms with van der Waals surface area (Å²) in [4.78, 5) is 23.2. The van der Waals surface area contributed by atoms with Crippen LogP contribution in [-0.4, -0.2) is 25.0 Å². The molecule has 1 amide bonds. The van der Waals surface area contributed by atoms with Gasteiger partial charge < -0.3 is 10.1 Å². The van der Waals surface area contributed by atoms with Gasteiger partial charge in [-0.1, -0.05) is 13.0 Å². The van der Waals surface area contributed by atoms with E-state index in [0.29, 0.717) is 10.9 Å². The first-order valence-electron chi connectivity index (χ1n) is 6.17. The molecule has 2 atom stereocenters. The second kappa shape index (κ2) is 7.38. The van der Waals surface area contributed by atoms with Crippen molar-refractivity contribution in [3.8, 4) is 0 Å². The highest BCUT2D eigenvalue weighted by Crippen LogP contribution is 2.19. The lowest BCUT2D eigenvalue weighted by molar-refractivity contribution is -0.144. The summed E-state index contributed by atoms with van der Waals surface area (Å²) in [5, 5.41) is 2.58. The Labute approximate surface area is 125 Å². The number of ether oxygens (including phenoxy) is 1. The average Bonchev–Trinajstić information content (AvgIpc) is 2.41. The zero-order valence-corrected chi connectivity index (χ0v) is 13.2. The quantitative estimate of drug-likeness (QED) is 0.834. The smallest absolute Gasteiger partial charge is 0.328 e. The summed E-state index contributed by atoms with van der Waals surface area (Å²) in [6.45, 7) is 3.31. The Kier molecular flexibility index (Phi) is 6.13. The van der Waals surface area contributed by atoms with E-state index in [4.69, 9.17) is 0 Å². The van der Waals surface area contributed by atoms with Gasteiger partial charge in [-0.2, -0.15) is 0 Å². The van der Waals surface area contributed by atoms with Crippen LogP contribution in [0.15, 0.2) is 22.7 Å². The summed E-state index contributed by atoms with van der Waals surface area (Å²) < 4.78 is 18.0. The van der Waals surface area contributed by atoms with Crippen LogP contribution in [0.1, 0.15) is 19.4 Å². The number of methoxy groups -OCH3 is 1. The van der Waals surface area contributed by atoms with Crippen molar-refractivity contribution in [1.82, 2.24) is 5.32 Å². The van der Waals surface area contributed by atoms with E-state index in [1.54, 1.807) is 26.0 Å². The number of carbonyl (C=O) groups excluding carboxylic acids is 2. The fraction of sp³-hybridized carbons (Fsp3) is 0.429. The van der Waals surface area contributed by atoms with E-state index in [2.05, 4.69) is 26.0 Å². The topological polar surface area (TPSA) is 55.4 Å². The molecule has 20 heavy (non-hydrogen) atoms. The van der Waals surface area contributed by atoms with Gasteiger partial charge in [0, 0.05) is 5.92 Å². The molecule has 1 unspecified atom stereocenters. The number of hydrogen-bond acceptors (Lipinski definition) is 3. The summed E-state index contributed by atoms with van der Waals surface area (Å²) in [5.74, 6) is -1.41. The highest BCUT2D eigenvalue weighted by Gasteiger charge is 2.20. The maximum absolute atomic E-state index is 13.1. The number of hydrogen-bond donors (Lipinski definition) is 1. The first kappa shape index (κ1) is 16.6. The number of carbonyl (C=O) groups is 2. The molecule has 6 heteroatoms. The number of esters is 1. The molecule has 1 aromatic carbocycles. The molecule has 1 aromatic rings. The highest BCUT2D eigenvalue weighted by atomic mass is 79.9. The van der Waals surface area contributed by atoms with Crippen LogP contribution < -0.4 is 5.32 Å². The van der Waals surface area contributed by atoms with Crippen molar-refractivity contribution < 1.29 is 18.7 Å². The summed E-state index contributed by atoms with van der Waals surface area (Å²) in [5.41, 5.74) is 0.839. The van der Waals surface area contributed by atoms with E-state index < -0.39 is 12.0 Å². The van der Waals surface area contributed by atoms with Gasteiger partial charge in [-0.05, 0) is 47.0 Å². The lowest BCUT2D eigenvalue weighted by atomic mass is 10.00. The van der Waals surface area contributed by atoms with Crippen molar-refractivity contribution in [1.29, 1.82) is 0 Å². The van der Waals surface area contributed by atoms with Crippen molar-refractivity contribution in [2.75, 3.05) is 7.11 Å². The number of amides is 1. The van der Waals surface area contributed by atoms with Crippen LogP contribution in [0.3, 0.4) is 0 Å². The second-order valence-electron chi connectivity index (χ2n) is 4.61. The molecule has 110 valence electrons. The molecule has 1 N–H and O–H groups in total. The number of rotatable bonds is 5. The summed E-state index contributed by atoms with van der Waals surface area (Å²) in [6, 6.07) is 3.94. The van der Waals surface area contributed by atoms with E-state index in [0.717, 1.165) is 5.56 Å². The molecule has 0 fully saturated rings. The number of nitrogens with one attached hydrogen (secondary N) is 1. The fourth-order valence-corrected chi connectivity index (χ4v) is 2.13. The Bertz CT molecular complexity index is 507. The van der Waals surface area contributed by atoms with Crippen molar-refractivity contribution >= 4 is 27.8 Å². The van der Waals surface area contributed by atoms with Crippen LogP contribution in [0.4, 0.5) is 4.39 Å². The molecule has 0 bridgehead atoms. The molecule has 0 heterocycles. The highest BCUT2D eigenvalue weighted by molar-refractivity contribution is 9.10. The molecule has 0 aliphatic rings. The molecule has 0 aromatic heterocycles. The number of benzene rings is 1. The van der Waals surface area contributed by atoms with Crippen LogP contribution in [-0.2, 0) is 20.7 Å². The predicted molar refractivity (Wildman–Crippen MR) is 76.6 cm³/mol. The predicted octanol–water partition coefficient (Wildman–Crippen LogP) is 2.44. The molecule has 1 rings (SSSR count). The van der Waals surface area contributed by atoms with Gasteiger partial charge in [0.05, 0.1) is 11.6 Å². The second-order valence-corrected chi connectivity index (χ2v) is 5.46. The largest absolute Gasteiger partial charge is 0.467 e. The van der Waals surface area contributed by atoms with Crippen LogP contribution in [0.5, 0.6) is 0 Å². The molecule has 0 radical (unpaired) electrons. The van der Waals surface area contributed by atoms with Crippen molar-refractivity contribution in [3.05, 3.63) is 34.1 Å². The Morgan fingerprint density at radius 3 is 2.60 bits per heavy atom. The van der Waals surface area contributed by atoms with E-state index in [9.17, 15) is 14.0 Å². The van der Waals surface area contributed by atoms with Gasteiger partial charge in [0.15, 0.2) is 0 Å². The standard InChI is InChI=1S/C14H17BrFNO3/c1-8(13(18)17-9(2)14(19)20-3)6-10-4-5-12(16)11(15)7-10/h4-5,7-9H,6H2,1-3H3,(H,17,18)/t8?,9-/m0/s1. The van der Waals surface area contributed by atoms with Crippen LogP contribution >= 0.6 is 15.9 Å². The van der Waals surface area contributed by atoms with Crippen molar-refractivity contribution in [2.24, 2.45) is 5.92 Å². The van der Waals surface area contributed by atoms with Crippen molar-refractivity contribution in [3.63, 3.8) is 0 Å². The zero-order valence-electron chi connectivity index (χ0n) is 11.6. The lowest BCUT2D eigenvalue weighted by Gasteiger charge is -2.16. The molecule has 0 aliphatic heterocycles. The molecule has 0 saturated carbocycles. The maximum Gasteiger partial charge on any atom is 0.328 e. The van der Waals surface area contributed by atoms with Gasteiger partial charge in [0.25, 0.3) is 0 Å². The van der Waals surface area contributed by atoms with Gasteiger partial charge in [-0.25, -0.2) is 9.18 Å². The molecule has 0 saturated heterocycles. The van der Waals surface area contributed by atoms with Crippen LogP contribution in [0.2, 0.25) is 0 Å². The minimum Gasteiger partial charge on any atom is -0.467 e. The first-order valence-corrected chi connectivity index (χ1v) is 6.96. The summed E-state index contributed by atoms with van der Waals surface area (Å²) in [6.07, 6.45) is 0.457. The molecule has 0 spiro atoms. The average molecular weight is 346 g/mol. The van der Waals surface area contributed by atoms with Gasteiger partial charge in [0.1, 0.15) is 11.9 Å². The Morgan fingerprint density at radius 1 is 1.40 bits per heavy atom. The Balaban J connectivity index is 2.61. The maximum atomic E-state index is 13.1.